The lowest BCUT2D eigenvalue weighted by molar-refractivity contribution is -0.159. The van der Waals surface area contributed by atoms with E-state index < -0.39 is 60.5 Å². The van der Waals surface area contributed by atoms with Crippen molar-refractivity contribution in [2.75, 3.05) is 5.75 Å². The third-order valence-corrected chi connectivity index (χ3v) is 12.8. The molecule has 0 bridgehead atoms. The van der Waals surface area contributed by atoms with Crippen LogP contribution in [0.25, 0.3) is 0 Å². The Balaban J connectivity index is 1.47. The summed E-state index contributed by atoms with van der Waals surface area (Å²) in [6.45, 7) is 2.09. The predicted octanol–water partition coefficient (Wildman–Crippen LogP) is 2.53. The number of carboxylic acid groups (broad SMARTS) is 2. The van der Waals surface area contributed by atoms with Gasteiger partial charge in [0.1, 0.15) is 17.7 Å². The van der Waals surface area contributed by atoms with E-state index in [-0.39, 0.29) is 27.8 Å². The number of cyclic esters (lactones) is 1. The van der Waals surface area contributed by atoms with Crippen LogP contribution in [-0.2, 0) is 35.1 Å². The smallest absolute Gasteiger partial charge is 0.353 e. The third kappa shape index (κ3) is 8.48. The molecular formula is C36H48N4O10S. The Hall–Kier alpha value is -3.79. The highest BCUT2D eigenvalue weighted by atomic mass is 32.2. The molecule has 0 saturated heterocycles. The molecule has 5 rings (SSSR count). The van der Waals surface area contributed by atoms with Crippen LogP contribution in [0.1, 0.15) is 89.5 Å². The lowest BCUT2D eigenvalue weighted by atomic mass is 9.65. The molecular weight excluding hydrogens is 680 g/mol. The first-order valence-electron chi connectivity index (χ1n) is 17.6. The summed E-state index contributed by atoms with van der Waals surface area (Å²) in [5.74, 6) is -5.57. The normalized spacial score (nSPS) is 23.4. The Kier molecular flexibility index (Phi) is 11.9. The Morgan fingerprint density at radius 3 is 2.33 bits per heavy atom. The van der Waals surface area contributed by atoms with E-state index in [1.54, 1.807) is 12.4 Å². The maximum absolute atomic E-state index is 13.7. The molecule has 1 aromatic rings. The summed E-state index contributed by atoms with van der Waals surface area (Å²) in [4.78, 5) is 66.7. The van der Waals surface area contributed by atoms with Crippen LogP contribution in [-0.4, -0.2) is 84.1 Å². The molecule has 14 nitrogen and oxygen atoms in total. The molecule has 0 aromatic carbocycles. The molecule has 0 radical (unpaired) electrons. The molecule has 3 aliphatic carbocycles. The fraction of sp³-hybridized carbons (Fsp3) is 0.611. The number of hydrogen-bond donors (Lipinski definition) is 7. The van der Waals surface area contributed by atoms with Crippen molar-refractivity contribution in [2.45, 2.75) is 114 Å². The molecule has 1 spiro atoms. The summed E-state index contributed by atoms with van der Waals surface area (Å²) < 4.78 is 6.24. The molecule has 2 saturated carbocycles. The number of aliphatic hydroxyl groups is 2. The van der Waals surface area contributed by atoms with Crippen molar-refractivity contribution in [2.24, 2.45) is 22.5 Å². The van der Waals surface area contributed by atoms with Gasteiger partial charge in [0, 0.05) is 31.0 Å². The molecule has 2 heterocycles. The maximum Gasteiger partial charge on any atom is 0.353 e. The molecule has 15 heteroatoms. The minimum Gasteiger partial charge on any atom is -0.478 e. The van der Waals surface area contributed by atoms with E-state index in [0.717, 1.165) is 75.3 Å². The highest BCUT2D eigenvalue weighted by molar-refractivity contribution is 8.00. The van der Waals surface area contributed by atoms with Crippen LogP contribution in [0.4, 0.5) is 0 Å². The highest BCUT2D eigenvalue weighted by Gasteiger charge is 2.52. The van der Waals surface area contributed by atoms with Gasteiger partial charge in [-0.15, -0.1) is 11.8 Å². The predicted molar refractivity (Wildman–Crippen MR) is 185 cm³/mol. The number of rotatable bonds is 16. The van der Waals surface area contributed by atoms with Crippen molar-refractivity contribution in [3.8, 4) is 0 Å². The number of carbonyl (C=O) groups is 5. The Morgan fingerprint density at radius 1 is 1.08 bits per heavy atom. The summed E-state index contributed by atoms with van der Waals surface area (Å²) in [5.41, 5.74) is 5.63. The molecule has 4 aliphatic rings. The summed E-state index contributed by atoms with van der Waals surface area (Å²) >= 11 is 1.34. The lowest BCUT2D eigenvalue weighted by Gasteiger charge is -2.40. The fourth-order valence-electron chi connectivity index (χ4n) is 8.25. The van der Waals surface area contributed by atoms with Gasteiger partial charge in [-0.25, -0.2) is 9.59 Å². The van der Waals surface area contributed by atoms with Crippen molar-refractivity contribution in [1.82, 2.24) is 15.6 Å². The summed E-state index contributed by atoms with van der Waals surface area (Å²) in [7, 11) is 0. The van der Waals surface area contributed by atoms with Crippen molar-refractivity contribution in [3.63, 3.8) is 0 Å². The Labute approximate surface area is 300 Å². The zero-order chi connectivity index (χ0) is 37.0. The number of pyridine rings is 1. The molecule has 1 aromatic heterocycles. The van der Waals surface area contributed by atoms with Crippen LogP contribution in [0.2, 0.25) is 0 Å². The Morgan fingerprint density at radius 2 is 1.73 bits per heavy atom. The molecule has 278 valence electrons. The van der Waals surface area contributed by atoms with Gasteiger partial charge in [-0.05, 0) is 79.0 Å². The number of hydrogen-bond acceptors (Lipinski definition) is 11. The highest BCUT2D eigenvalue weighted by Crippen LogP contribution is 2.59. The number of aliphatic hydroxyl groups excluding tert-OH is 1. The van der Waals surface area contributed by atoms with Gasteiger partial charge in [0.2, 0.25) is 23.8 Å². The summed E-state index contributed by atoms with van der Waals surface area (Å²) in [6, 6.07) is 2.62. The van der Waals surface area contributed by atoms with Gasteiger partial charge in [0.05, 0.1) is 5.25 Å². The number of esters is 1. The number of fused-ring (bicyclic) bond motifs is 1. The Bertz CT molecular complexity index is 1570. The molecule has 5 atom stereocenters. The zero-order valence-electron chi connectivity index (χ0n) is 28.8. The van der Waals surface area contributed by atoms with E-state index in [2.05, 4.69) is 23.3 Å². The largest absolute Gasteiger partial charge is 0.478 e. The molecule has 51 heavy (non-hydrogen) atoms. The van der Waals surface area contributed by atoms with Gasteiger partial charge >= 0.3 is 17.9 Å². The number of nitrogens with one attached hydrogen (secondary N) is 2. The SMILES string of the molecule is CCC1([C@@H](SC[C@H](NC(=O)CC[C@@](N)(O)C(=O)O)C(=O)N[C@@H](O)C(=O)O)C2=C3CC4(CCCC4)C(Cc4ccncc4)=C[C@H]3C(=O)O2)CCCC1. The van der Waals surface area contributed by atoms with E-state index >= 15 is 0 Å². The molecule has 2 fully saturated rings. The maximum atomic E-state index is 13.7. The summed E-state index contributed by atoms with van der Waals surface area (Å²) in [5, 5.41) is 42.2. The number of nitrogens with zero attached hydrogens (tertiary/aromatic N) is 1. The zero-order valence-corrected chi connectivity index (χ0v) is 29.6. The van der Waals surface area contributed by atoms with E-state index in [9.17, 15) is 39.3 Å². The number of carboxylic acids is 2. The quantitative estimate of drug-likeness (QED) is 0.0737. The van der Waals surface area contributed by atoms with Crippen molar-refractivity contribution < 1.29 is 49.1 Å². The third-order valence-electron chi connectivity index (χ3n) is 11.2. The number of allylic oxidation sites excluding steroid dienone is 1. The van der Waals surface area contributed by atoms with Crippen LogP contribution in [0.15, 0.2) is 47.5 Å². The second-order valence-corrected chi connectivity index (χ2v) is 15.5. The van der Waals surface area contributed by atoms with E-state index in [4.69, 9.17) is 15.6 Å². The van der Waals surface area contributed by atoms with Crippen LogP contribution in [0, 0.1) is 16.7 Å². The molecule has 0 unspecified atom stereocenters. The molecule has 2 amide bonds. The minimum atomic E-state index is -2.68. The van der Waals surface area contributed by atoms with Gasteiger partial charge < -0.3 is 35.8 Å². The van der Waals surface area contributed by atoms with Crippen LogP contribution >= 0.6 is 11.8 Å². The molecule has 8 N–H and O–H groups in total. The number of aliphatic carboxylic acids is 2. The number of aromatic nitrogens is 1. The van der Waals surface area contributed by atoms with Gasteiger partial charge in [0.15, 0.2) is 0 Å². The number of ether oxygens (including phenoxy) is 1. The van der Waals surface area contributed by atoms with Crippen LogP contribution in [0.3, 0.4) is 0 Å². The number of thioether (sulfide) groups is 1. The van der Waals surface area contributed by atoms with Gasteiger partial charge in [-0.3, -0.25) is 25.1 Å². The average molecular weight is 729 g/mol. The van der Waals surface area contributed by atoms with Crippen LogP contribution in [0.5, 0.6) is 0 Å². The second-order valence-electron chi connectivity index (χ2n) is 14.4. The molecule has 1 aliphatic heterocycles. The van der Waals surface area contributed by atoms with Gasteiger partial charge in [0.25, 0.3) is 0 Å². The monoisotopic (exact) mass is 728 g/mol. The first-order valence-corrected chi connectivity index (χ1v) is 18.7. The second kappa shape index (κ2) is 15.8. The van der Waals surface area contributed by atoms with E-state index in [1.807, 2.05) is 17.4 Å². The topological polar surface area (TPSA) is 238 Å². The van der Waals surface area contributed by atoms with E-state index in [0.29, 0.717) is 12.2 Å². The van der Waals surface area contributed by atoms with Gasteiger partial charge in [-0.1, -0.05) is 44.3 Å². The average Bonchev–Trinajstić information content (AvgIpc) is 3.85. The van der Waals surface area contributed by atoms with Crippen molar-refractivity contribution in [3.05, 3.63) is 53.1 Å². The number of amides is 2. The van der Waals surface area contributed by atoms with Crippen LogP contribution < -0.4 is 16.4 Å². The van der Waals surface area contributed by atoms with Crippen molar-refractivity contribution in [1.29, 1.82) is 0 Å². The summed E-state index contributed by atoms with van der Waals surface area (Å²) in [6.07, 6.45) is 12.2. The van der Waals surface area contributed by atoms with E-state index in [1.165, 1.54) is 17.3 Å². The first-order chi connectivity index (χ1) is 24.2. The first kappa shape index (κ1) is 38.4. The lowest BCUT2D eigenvalue weighted by Crippen LogP contribution is -2.54. The number of carbonyl (C=O) groups excluding carboxylic acids is 3. The number of nitrogens with two attached hydrogens (primary N) is 1. The van der Waals surface area contributed by atoms with Crippen molar-refractivity contribution >= 4 is 41.5 Å². The van der Waals surface area contributed by atoms with Gasteiger partial charge in [-0.2, -0.15) is 0 Å². The fourth-order valence-corrected chi connectivity index (χ4v) is 9.98. The standard InChI is InChI=1S/C36H48N4O10S/c1-2-34(10-3-4-11-34)28(51-20-25(29(42)40-30(43)31(44)45)39-26(41)7-14-36(37,49)33(47)48)27-24-19-35(12-5-6-13-35)22(18-23(24)32(46)50-27)17-21-8-15-38-16-9-21/h8-9,15-16,18,23,25,28,30,43,49H,2-7,10-14,17,19-20,37H2,1H3,(H,39,41)(H,40,42)(H,44,45)(H,47,48)/t23-,25+,28+,30+,36-/m1/s1. The minimum absolute atomic E-state index is 0.0879.